The first kappa shape index (κ1) is 13.9. The fourth-order valence-corrected chi connectivity index (χ4v) is 2.67. The lowest BCUT2D eigenvalue weighted by molar-refractivity contribution is -0.111. The van der Waals surface area contributed by atoms with Crippen molar-refractivity contribution in [2.75, 3.05) is 5.32 Å². The molecule has 2 aromatic carbocycles. The predicted molar refractivity (Wildman–Crippen MR) is 84.2 cm³/mol. The molecule has 96 valence electrons. The van der Waals surface area contributed by atoms with Crippen molar-refractivity contribution in [3.8, 4) is 0 Å². The van der Waals surface area contributed by atoms with Crippen LogP contribution in [-0.4, -0.2) is 5.91 Å². The van der Waals surface area contributed by atoms with Crippen LogP contribution >= 0.6 is 27.7 Å². The van der Waals surface area contributed by atoms with Crippen LogP contribution in [-0.2, 0) is 4.79 Å². The van der Waals surface area contributed by atoms with Crippen LogP contribution in [0.4, 0.5) is 5.69 Å². The Morgan fingerprint density at radius 3 is 2.63 bits per heavy atom. The predicted octanol–water partition coefficient (Wildman–Crippen LogP) is 4.69. The lowest BCUT2D eigenvalue weighted by Crippen LogP contribution is -2.07. The Kier molecular flexibility index (Phi) is 5.24. The second kappa shape index (κ2) is 7.16. The summed E-state index contributed by atoms with van der Waals surface area (Å²) in [6, 6.07) is 17.3. The van der Waals surface area contributed by atoms with Gasteiger partial charge in [0.25, 0.3) is 0 Å². The number of hydrogen-bond donors (Lipinski definition) is 1. The van der Waals surface area contributed by atoms with Crippen molar-refractivity contribution in [1.29, 1.82) is 0 Å². The molecule has 0 radical (unpaired) electrons. The molecular formula is C15H12BrNOS. The van der Waals surface area contributed by atoms with E-state index in [1.807, 2.05) is 54.6 Å². The highest BCUT2D eigenvalue weighted by Crippen LogP contribution is 2.22. The monoisotopic (exact) mass is 333 g/mol. The average molecular weight is 334 g/mol. The molecule has 0 aliphatic heterocycles. The van der Waals surface area contributed by atoms with Gasteiger partial charge in [0.05, 0.1) is 0 Å². The standard InChI is InChI=1S/C15H12BrNOS/c16-12-5-4-8-14(11-12)19-10-9-15(18)17-13-6-2-1-3-7-13/h1-11H,(H,17,18). The molecule has 0 spiro atoms. The molecule has 0 heterocycles. The highest BCUT2D eigenvalue weighted by atomic mass is 79.9. The maximum atomic E-state index is 11.6. The van der Waals surface area contributed by atoms with E-state index in [1.165, 1.54) is 17.8 Å². The molecule has 2 nitrogen and oxygen atoms in total. The van der Waals surface area contributed by atoms with Crippen LogP contribution in [0.2, 0.25) is 0 Å². The van der Waals surface area contributed by atoms with Crippen LogP contribution in [0.25, 0.3) is 0 Å². The van der Waals surface area contributed by atoms with E-state index >= 15 is 0 Å². The Morgan fingerprint density at radius 1 is 1.11 bits per heavy atom. The van der Waals surface area contributed by atoms with Crippen molar-refractivity contribution >= 4 is 39.3 Å². The molecule has 0 fully saturated rings. The van der Waals surface area contributed by atoms with Crippen molar-refractivity contribution < 1.29 is 4.79 Å². The highest BCUT2D eigenvalue weighted by Gasteiger charge is 1.96. The van der Waals surface area contributed by atoms with Crippen LogP contribution < -0.4 is 5.32 Å². The first-order valence-corrected chi connectivity index (χ1v) is 7.36. The number of rotatable bonds is 4. The number of halogens is 1. The second-order valence-corrected chi connectivity index (χ2v) is 5.63. The van der Waals surface area contributed by atoms with Gasteiger partial charge < -0.3 is 5.32 Å². The highest BCUT2D eigenvalue weighted by molar-refractivity contribution is 9.10. The molecule has 0 unspecified atom stereocenters. The molecule has 0 aromatic heterocycles. The zero-order valence-electron chi connectivity index (χ0n) is 10.0. The molecule has 1 N–H and O–H groups in total. The Balaban J connectivity index is 1.87. The van der Waals surface area contributed by atoms with Gasteiger partial charge in [-0.25, -0.2) is 0 Å². The third-order valence-electron chi connectivity index (χ3n) is 2.26. The Morgan fingerprint density at radius 2 is 1.89 bits per heavy atom. The van der Waals surface area contributed by atoms with Gasteiger partial charge in [0.2, 0.25) is 5.91 Å². The van der Waals surface area contributed by atoms with Crippen molar-refractivity contribution in [2.45, 2.75) is 4.90 Å². The van der Waals surface area contributed by atoms with E-state index in [9.17, 15) is 4.79 Å². The Hall–Kier alpha value is -1.52. The van der Waals surface area contributed by atoms with Crippen molar-refractivity contribution in [3.63, 3.8) is 0 Å². The fourth-order valence-electron chi connectivity index (χ4n) is 1.42. The van der Waals surface area contributed by atoms with Gasteiger partial charge in [0.1, 0.15) is 0 Å². The molecule has 0 atom stereocenters. The maximum Gasteiger partial charge on any atom is 0.248 e. The number of anilines is 1. The topological polar surface area (TPSA) is 29.1 Å². The summed E-state index contributed by atoms with van der Waals surface area (Å²) in [5.41, 5.74) is 0.796. The lowest BCUT2D eigenvalue weighted by atomic mass is 10.3. The second-order valence-electron chi connectivity index (χ2n) is 3.73. The van der Waals surface area contributed by atoms with Crippen LogP contribution in [0.1, 0.15) is 0 Å². The van der Waals surface area contributed by atoms with Crippen LogP contribution in [0, 0.1) is 0 Å². The lowest BCUT2D eigenvalue weighted by Gasteiger charge is -2.00. The fraction of sp³-hybridized carbons (Fsp3) is 0. The molecule has 0 bridgehead atoms. The maximum absolute atomic E-state index is 11.6. The number of hydrogen-bond acceptors (Lipinski definition) is 2. The summed E-state index contributed by atoms with van der Waals surface area (Å²) in [6.45, 7) is 0. The van der Waals surface area contributed by atoms with Crippen LogP contribution in [0.5, 0.6) is 0 Å². The molecule has 4 heteroatoms. The molecule has 2 rings (SSSR count). The smallest absolute Gasteiger partial charge is 0.248 e. The summed E-state index contributed by atoms with van der Waals surface area (Å²) in [6.07, 6.45) is 1.53. The molecule has 0 saturated heterocycles. The summed E-state index contributed by atoms with van der Waals surface area (Å²) in [4.78, 5) is 12.7. The van der Waals surface area contributed by atoms with E-state index in [1.54, 1.807) is 5.41 Å². The molecule has 0 saturated carbocycles. The van der Waals surface area contributed by atoms with E-state index in [0.717, 1.165) is 15.1 Å². The quantitative estimate of drug-likeness (QED) is 0.649. The summed E-state index contributed by atoms with van der Waals surface area (Å²) in [7, 11) is 0. The summed E-state index contributed by atoms with van der Waals surface area (Å²) in [5.74, 6) is -0.131. The van der Waals surface area contributed by atoms with E-state index < -0.39 is 0 Å². The van der Waals surface area contributed by atoms with Gasteiger partial charge in [-0.05, 0) is 35.7 Å². The third kappa shape index (κ3) is 4.93. The number of carbonyl (C=O) groups is 1. The summed E-state index contributed by atoms with van der Waals surface area (Å²) >= 11 is 4.91. The molecule has 1 amide bonds. The largest absolute Gasteiger partial charge is 0.322 e. The van der Waals surface area contributed by atoms with Crippen LogP contribution in [0.3, 0.4) is 0 Å². The van der Waals surface area contributed by atoms with Gasteiger partial charge in [0, 0.05) is 21.1 Å². The number of carbonyl (C=O) groups excluding carboxylic acids is 1. The molecular weight excluding hydrogens is 322 g/mol. The van der Waals surface area contributed by atoms with E-state index in [4.69, 9.17) is 0 Å². The zero-order chi connectivity index (χ0) is 13.5. The van der Waals surface area contributed by atoms with Crippen molar-refractivity contribution in [2.24, 2.45) is 0 Å². The van der Waals surface area contributed by atoms with Gasteiger partial charge >= 0.3 is 0 Å². The van der Waals surface area contributed by atoms with Gasteiger partial charge in [-0.15, -0.1) is 0 Å². The SMILES string of the molecule is O=C(C=CSc1cccc(Br)c1)Nc1ccccc1. The molecule has 2 aromatic rings. The van der Waals surface area contributed by atoms with Crippen molar-refractivity contribution in [3.05, 3.63) is 70.6 Å². The van der Waals surface area contributed by atoms with Gasteiger partial charge in [0.15, 0.2) is 0 Å². The number of amides is 1. The number of benzene rings is 2. The third-order valence-corrected chi connectivity index (χ3v) is 3.55. The van der Waals surface area contributed by atoms with Crippen LogP contribution in [0.15, 0.2) is 75.4 Å². The number of nitrogens with one attached hydrogen (secondary N) is 1. The average Bonchev–Trinajstić information content (AvgIpc) is 2.40. The minimum atomic E-state index is -0.131. The van der Waals surface area contributed by atoms with Gasteiger partial charge in [-0.2, -0.15) is 0 Å². The van der Waals surface area contributed by atoms with Crippen molar-refractivity contribution in [1.82, 2.24) is 0 Å². The molecule has 19 heavy (non-hydrogen) atoms. The summed E-state index contributed by atoms with van der Waals surface area (Å²) in [5, 5.41) is 4.57. The number of para-hydroxylation sites is 1. The van der Waals surface area contributed by atoms with Gasteiger partial charge in [-0.3, -0.25) is 4.79 Å². The Bertz CT molecular complexity index is 584. The molecule has 0 aliphatic rings. The van der Waals surface area contributed by atoms with Gasteiger partial charge in [-0.1, -0.05) is 52.0 Å². The van der Waals surface area contributed by atoms with E-state index in [2.05, 4.69) is 21.2 Å². The number of thioether (sulfide) groups is 1. The minimum absolute atomic E-state index is 0.131. The zero-order valence-corrected chi connectivity index (χ0v) is 12.4. The Labute approximate surface area is 125 Å². The first-order valence-electron chi connectivity index (χ1n) is 5.69. The summed E-state index contributed by atoms with van der Waals surface area (Å²) < 4.78 is 1.03. The first-order chi connectivity index (χ1) is 9.24. The normalized spacial score (nSPS) is 10.6. The minimum Gasteiger partial charge on any atom is -0.322 e. The van der Waals surface area contributed by atoms with E-state index in [0.29, 0.717) is 0 Å². The van der Waals surface area contributed by atoms with E-state index in [-0.39, 0.29) is 5.91 Å². The molecule has 0 aliphatic carbocycles.